The molecule has 2 atom stereocenters. The van der Waals surface area contributed by atoms with Gasteiger partial charge in [-0.05, 0) is 31.4 Å². The summed E-state index contributed by atoms with van der Waals surface area (Å²) >= 11 is 13.1. The van der Waals surface area contributed by atoms with Crippen LogP contribution in [0.2, 0.25) is 10.0 Å². The Morgan fingerprint density at radius 1 is 1.41 bits per heavy atom. The van der Waals surface area contributed by atoms with Gasteiger partial charge in [0, 0.05) is 38.5 Å². The highest BCUT2D eigenvalue weighted by molar-refractivity contribution is 6.43. The molecule has 2 amide bonds. The first-order valence-electron chi connectivity index (χ1n) is 9.52. The molecule has 0 radical (unpaired) electrons. The van der Waals surface area contributed by atoms with Crippen molar-refractivity contribution in [1.82, 2.24) is 19.8 Å². The quantitative estimate of drug-likeness (QED) is 0.709. The van der Waals surface area contributed by atoms with E-state index in [0.29, 0.717) is 39.7 Å². The number of carbonyl (C=O) groups is 2. The Labute approximate surface area is 178 Å². The standard InChI is InChI=1S/C20H21Cl2N5O2/c1-26-10-11(7-16(26)28)4-5-15-18(22)17-13(21)8-14(19(23)29)25-20(17)27(15)12-3-2-6-24-9-12/h8,11-12,24H,2-3,6-7,9-10H2,1H3,(H2,23,29)/t11?,12-/m0/s1. The maximum atomic E-state index is 11.8. The molecular formula is C20H21Cl2N5O2. The third-order valence-electron chi connectivity index (χ3n) is 5.47. The predicted molar refractivity (Wildman–Crippen MR) is 112 cm³/mol. The number of aromatic nitrogens is 2. The van der Waals surface area contributed by atoms with Crippen molar-refractivity contribution in [1.29, 1.82) is 0 Å². The highest BCUT2D eigenvalue weighted by Crippen LogP contribution is 2.38. The van der Waals surface area contributed by atoms with Crippen LogP contribution in [0.4, 0.5) is 0 Å². The first kappa shape index (κ1) is 20.0. The summed E-state index contributed by atoms with van der Waals surface area (Å²) in [5.74, 6) is 5.76. The van der Waals surface area contributed by atoms with E-state index >= 15 is 0 Å². The molecule has 0 spiro atoms. The van der Waals surface area contributed by atoms with Crippen LogP contribution in [0.15, 0.2) is 6.07 Å². The molecule has 7 nitrogen and oxygen atoms in total. The van der Waals surface area contributed by atoms with E-state index in [-0.39, 0.29) is 23.6 Å². The van der Waals surface area contributed by atoms with Crippen molar-refractivity contribution in [3.05, 3.63) is 27.5 Å². The number of nitrogens with one attached hydrogen (secondary N) is 1. The van der Waals surface area contributed by atoms with Gasteiger partial charge in [0.15, 0.2) is 0 Å². The summed E-state index contributed by atoms with van der Waals surface area (Å²) in [7, 11) is 1.77. The van der Waals surface area contributed by atoms with Crippen molar-refractivity contribution in [3.8, 4) is 11.8 Å². The lowest BCUT2D eigenvalue weighted by atomic mass is 10.1. The van der Waals surface area contributed by atoms with Crippen molar-refractivity contribution in [2.75, 3.05) is 26.7 Å². The van der Waals surface area contributed by atoms with Crippen LogP contribution in [0.25, 0.3) is 11.0 Å². The molecule has 2 aliphatic heterocycles. The fraction of sp³-hybridized carbons (Fsp3) is 0.450. The lowest BCUT2D eigenvalue weighted by Gasteiger charge is -2.25. The molecule has 29 heavy (non-hydrogen) atoms. The normalized spacial score (nSPS) is 22.0. The highest BCUT2D eigenvalue weighted by atomic mass is 35.5. The van der Waals surface area contributed by atoms with Gasteiger partial charge in [0.2, 0.25) is 5.91 Å². The van der Waals surface area contributed by atoms with E-state index in [9.17, 15) is 9.59 Å². The minimum atomic E-state index is -0.653. The number of hydrogen-bond acceptors (Lipinski definition) is 4. The zero-order valence-electron chi connectivity index (χ0n) is 16.0. The molecule has 0 bridgehead atoms. The number of carbonyl (C=O) groups excluding carboxylic acids is 2. The molecule has 1 unspecified atom stereocenters. The third kappa shape index (κ3) is 3.68. The number of likely N-dealkylation sites (tertiary alicyclic amines) is 1. The second-order valence-electron chi connectivity index (χ2n) is 7.53. The predicted octanol–water partition coefficient (Wildman–Crippen LogP) is 2.20. The van der Waals surface area contributed by atoms with Gasteiger partial charge in [0.25, 0.3) is 5.91 Å². The fourth-order valence-electron chi connectivity index (χ4n) is 3.99. The lowest BCUT2D eigenvalue weighted by Crippen LogP contribution is -2.32. The summed E-state index contributed by atoms with van der Waals surface area (Å²) in [5.41, 5.74) is 6.64. The van der Waals surface area contributed by atoms with Gasteiger partial charge in [-0.3, -0.25) is 9.59 Å². The van der Waals surface area contributed by atoms with Gasteiger partial charge in [0.05, 0.1) is 15.4 Å². The molecular weight excluding hydrogens is 413 g/mol. The number of halogens is 2. The van der Waals surface area contributed by atoms with Crippen LogP contribution in [0.1, 0.15) is 41.5 Å². The SMILES string of the molecule is CN1CC(C#Cc2c(Cl)c3c(Cl)cc(C(N)=O)nc3n2[C@H]2CCCNC2)CC1=O. The molecule has 2 saturated heterocycles. The number of fused-ring (bicyclic) bond motifs is 1. The van der Waals surface area contributed by atoms with Gasteiger partial charge in [-0.1, -0.05) is 29.1 Å². The Morgan fingerprint density at radius 2 is 2.21 bits per heavy atom. The molecule has 0 aliphatic carbocycles. The Balaban J connectivity index is 1.88. The van der Waals surface area contributed by atoms with E-state index in [1.165, 1.54) is 6.07 Å². The molecule has 2 aromatic heterocycles. The number of nitrogens with zero attached hydrogens (tertiary/aromatic N) is 3. The van der Waals surface area contributed by atoms with E-state index < -0.39 is 5.91 Å². The average molecular weight is 434 g/mol. The molecule has 0 aromatic carbocycles. The molecule has 3 N–H and O–H groups in total. The minimum Gasteiger partial charge on any atom is -0.364 e. The maximum Gasteiger partial charge on any atom is 0.267 e. The van der Waals surface area contributed by atoms with Crippen molar-refractivity contribution in [3.63, 3.8) is 0 Å². The van der Waals surface area contributed by atoms with Crippen LogP contribution in [0.3, 0.4) is 0 Å². The summed E-state index contributed by atoms with van der Waals surface area (Å²) in [4.78, 5) is 29.7. The Hall–Kier alpha value is -2.27. The Kier molecular flexibility index (Phi) is 5.43. The van der Waals surface area contributed by atoms with Gasteiger partial charge in [0.1, 0.15) is 17.0 Å². The lowest BCUT2D eigenvalue weighted by molar-refractivity contribution is -0.126. The number of amides is 2. The second-order valence-corrected chi connectivity index (χ2v) is 8.31. The zero-order valence-corrected chi connectivity index (χ0v) is 17.5. The fourth-order valence-corrected chi connectivity index (χ4v) is 4.65. The Bertz CT molecular complexity index is 1060. The number of hydrogen-bond donors (Lipinski definition) is 2. The van der Waals surface area contributed by atoms with E-state index in [2.05, 4.69) is 22.1 Å². The number of piperidine rings is 1. The zero-order chi connectivity index (χ0) is 20.7. The van der Waals surface area contributed by atoms with Crippen LogP contribution in [0, 0.1) is 17.8 Å². The number of nitrogens with two attached hydrogens (primary N) is 1. The number of pyridine rings is 1. The van der Waals surface area contributed by atoms with Gasteiger partial charge in [-0.15, -0.1) is 0 Å². The summed E-state index contributed by atoms with van der Waals surface area (Å²) in [6.45, 7) is 2.28. The van der Waals surface area contributed by atoms with Crippen LogP contribution >= 0.6 is 23.2 Å². The monoisotopic (exact) mass is 433 g/mol. The molecule has 9 heteroatoms. The van der Waals surface area contributed by atoms with Gasteiger partial charge < -0.3 is 20.5 Å². The molecule has 152 valence electrons. The van der Waals surface area contributed by atoms with E-state index in [1.807, 2.05) is 4.57 Å². The van der Waals surface area contributed by atoms with Crippen LogP contribution in [-0.2, 0) is 4.79 Å². The molecule has 4 rings (SSSR count). The third-order valence-corrected chi connectivity index (χ3v) is 6.14. The average Bonchev–Trinajstić information content (AvgIpc) is 3.16. The first-order valence-corrected chi connectivity index (χ1v) is 10.3. The van der Waals surface area contributed by atoms with Gasteiger partial charge in [-0.2, -0.15) is 0 Å². The number of rotatable bonds is 2. The maximum absolute atomic E-state index is 11.8. The van der Waals surface area contributed by atoms with Gasteiger partial charge in [-0.25, -0.2) is 4.98 Å². The smallest absolute Gasteiger partial charge is 0.267 e. The van der Waals surface area contributed by atoms with Crippen molar-refractivity contribution < 1.29 is 9.59 Å². The van der Waals surface area contributed by atoms with Crippen LogP contribution in [-0.4, -0.2) is 52.9 Å². The summed E-state index contributed by atoms with van der Waals surface area (Å²) < 4.78 is 1.97. The van der Waals surface area contributed by atoms with Gasteiger partial charge >= 0.3 is 0 Å². The first-order chi connectivity index (χ1) is 13.9. The van der Waals surface area contributed by atoms with E-state index in [1.54, 1.807) is 11.9 Å². The van der Waals surface area contributed by atoms with Crippen LogP contribution in [0.5, 0.6) is 0 Å². The van der Waals surface area contributed by atoms with E-state index in [4.69, 9.17) is 28.9 Å². The molecule has 4 heterocycles. The number of primary amides is 1. The van der Waals surface area contributed by atoms with Crippen molar-refractivity contribution >= 4 is 46.0 Å². The molecule has 0 saturated carbocycles. The summed E-state index contributed by atoms with van der Waals surface area (Å²) in [6.07, 6.45) is 2.32. The van der Waals surface area contributed by atoms with E-state index in [0.717, 1.165) is 25.9 Å². The topological polar surface area (TPSA) is 93.2 Å². The molecule has 2 aliphatic rings. The molecule has 2 aromatic rings. The highest BCUT2D eigenvalue weighted by Gasteiger charge is 2.28. The van der Waals surface area contributed by atoms with Crippen molar-refractivity contribution in [2.24, 2.45) is 11.7 Å². The minimum absolute atomic E-state index is 0.0517. The Morgan fingerprint density at radius 3 is 2.83 bits per heavy atom. The second kappa shape index (κ2) is 7.86. The summed E-state index contributed by atoms with van der Waals surface area (Å²) in [5, 5.41) is 4.66. The van der Waals surface area contributed by atoms with Crippen LogP contribution < -0.4 is 11.1 Å². The van der Waals surface area contributed by atoms with Crippen molar-refractivity contribution in [2.45, 2.75) is 25.3 Å². The summed E-state index contributed by atoms with van der Waals surface area (Å²) in [6, 6.07) is 1.51. The largest absolute Gasteiger partial charge is 0.364 e. The molecule has 2 fully saturated rings.